The number of rotatable bonds is 8. The zero-order valence-corrected chi connectivity index (χ0v) is 13.6. The summed E-state index contributed by atoms with van der Waals surface area (Å²) < 4.78 is 11.7. The van der Waals surface area contributed by atoms with Crippen molar-refractivity contribution < 1.29 is 9.47 Å². The molecule has 0 aromatic heterocycles. The molecule has 118 valence electrons. The fourth-order valence-corrected chi connectivity index (χ4v) is 2.97. The number of para-hydroxylation sites is 1. The van der Waals surface area contributed by atoms with Crippen molar-refractivity contribution in [2.45, 2.75) is 39.7 Å². The minimum atomic E-state index is 0.212. The molecule has 2 unspecified atom stereocenters. The van der Waals surface area contributed by atoms with Gasteiger partial charge in [0.25, 0.3) is 0 Å². The number of nitrogens with one attached hydrogen (secondary N) is 1. The van der Waals surface area contributed by atoms with E-state index in [1.165, 1.54) is 0 Å². The molecule has 1 aliphatic rings. The zero-order chi connectivity index (χ0) is 15.1. The van der Waals surface area contributed by atoms with Crippen LogP contribution < -0.4 is 10.1 Å². The molecule has 1 saturated heterocycles. The van der Waals surface area contributed by atoms with Crippen LogP contribution in [0.15, 0.2) is 30.3 Å². The Morgan fingerprint density at radius 3 is 2.71 bits per heavy atom. The first-order valence-corrected chi connectivity index (χ1v) is 8.12. The standard InChI is InChI=1S/C18H29NO2/c1-15(2)13-19-14-18(9-11-20-16(18)3)10-12-21-17-7-5-4-6-8-17/h4-8,15-16,19H,9-14H2,1-3H3. The van der Waals surface area contributed by atoms with Gasteiger partial charge in [0.05, 0.1) is 12.7 Å². The highest BCUT2D eigenvalue weighted by Crippen LogP contribution is 2.37. The molecule has 0 amide bonds. The molecule has 1 fully saturated rings. The van der Waals surface area contributed by atoms with Gasteiger partial charge in [-0.2, -0.15) is 0 Å². The highest BCUT2D eigenvalue weighted by molar-refractivity contribution is 5.20. The summed E-state index contributed by atoms with van der Waals surface area (Å²) in [7, 11) is 0. The number of ether oxygens (including phenoxy) is 2. The average Bonchev–Trinajstić information content (AvgIpc) is 2.81. The van der Waals surface area contributed by atoms with Crippen LogP contribution in [0.25, 0.3) is 0 Å². The van der Waals surface area contributed by atoms with Gasteiger partial charge in [0.1, 0.15) is 5.75 Å². The minimum absolute atomic E-state index is 0.212. The van der Waals surface area contributed by atoms with E-state index in [1.807, 2.05) is 30.3 Å². The van der Waals surface area contributed by atoms with Gasteiger partial charge in [0.15, 0.2) is 0 Å². The lowest BCUT2D eigenvalue weighted by atomic mass is 9.78. The van der Waals surface area contributed by atoms with Gasteiger partial charge in [-0.15, -0.1) is 0 Å². The summed E-state index contributed by atoms with van der Waals surface area (Å²) in [6, 6.07) is 10.1. The van der Waals surface area contributed by atoms with Crippen molar-refractivity contribution in [1.82, 2.24) is 5.32 Å². The van der Waals surface area contributed by atoms with Gasteiger partial charge in [-0.05, 0) is 44.4 Å². The normalized spacial score (nSPS) is 25.4. The van der Waals surface area contributed by atoms with E-state index in [2.05, 4.69) is 26.1 Å². The molecule has 2 atom stereocenters. The third-order valence-corrected chi connectivity index (χ3v) is 4.47. The van der Waals surface area contributed by atoms with Gasteiger partial charge in [-0.25, -0.2) is 0 Å². The van der Waals surface area contributed by atoms with Crippen LogP contribution in [0.5, 0.6) is 5.75 Å². The third-order valence-electron chi connectivity index (χ3n) is 4.47. The summed E-state index contributed by atoms with van der Waals surface area (Å²) in [5.74, 6) is 1.63. The van der Waals surface area contributed by atoms with Gasteiger partial charge >= 0.3 is 0 Å². The van der Waals surface area contributed by atoms with Gasteiger partial charge < -0.3 is 14.8 Å². The topological polar surface area (TPSA) is 30.5 Å². The summed E-state index contributed by atoms with van der Waals surface area (Å²) in [6.07, 6.45) is 2.46. The molecule has 0 saturated carbocycles. The lowest BCUT2D eigenvalue weighted by Crippen LogP contribution is -2.41. The van der Waals surface area contributed by atoms with Crippen LogP contribution in [0.2, 0.25) is 0 Å². The second-order valence-corrected chi connectivity index (χ2v) is 6.56. The van der Waals surface area contributed by atoms with Crippen LogP contribution in [0.4, 0.5) is 0 Å². The van der Waals surface area contributed by atoms with Crippen molar-refractivity contribution in [3.8, 4) is 5.75 Å². The van der Waals surface area contributed by atoms with Crippen LogP contribution in [0.3, 0.4) is 0 Å². The Balaban J connectivity index is 1.84. The SMILES string of the molecule is CC(C)CNCC1(CCOc2ccccc2)CCOC1C. The Morgan fingerprint density at radius 1 is 1.33 bits per heavy atom. The van der Waals surface area contributed by atoms with Crippen molar-refractivity contribution in [2.75, 3.05) is 26.3 Å². The predicted molar refractivity (Wildman–Crippen MR) is 86.7 cm³/mol. The van der Waals surface area contributed by atoms with Gasteiger partial charge in [0.2, 0.25) is 0 Å². The first-order chi connectivity index (χ1) is 10.1. The molecule has 1 aromatic carbocycles. The quantitative estimate of drug-likeness (QED) is 0.795. The van der Waals surface area contributed by atoms with Crippen LogP contribution in [-0.4, -0.2) is 32.4 Å². The van der Waals surface area contributed by atoms with Gasteiger partial charge in [-0.1, -0.05) is 32.0 Å². The van der Waals surface area contributed by atoms with E-state index in [0.29, 0.717) is 12.0 Å². The maximum Gasteiger partial charge on any atom is 0.119 e. The van der Waals surface area contributed by atoms with E-state index in [-0.39, 0.29) is 5.41 Å². The molecule has 3 heteroatoms. The molecule has 21 heavy (non-hydrogen) atoms. The predicted octanol–water partition coefficient (Wildman–Crippen LogP) is 3.50. The van der Waals surface area contributed by atoms with Crippen molar-refractivity contribution in [2.24, 2.45) is 11.3 Å². The Kier molecular flexibility index (Phi) is 6.07. The van der Waals surface area contributed by atoms with Crippen LogP contribution >= 0.6 is 0 Å². The Hall–Kier alpha value is -1.06. The lowest BCUT2D eigenvalue weighted by Gasteiger charge is -2.33. The first-order valence-electron chi connectivity index (χ1n) is 8.12. The van der Waals surface area contributed by atoms with Crippen molar-refractivity contribution in [3.63, 3.8) is 0 Å². The van der Waals surface area contributed by atoms with E-state index in [0.717, 1.165) is 44.9 Å². The summed E-state index contributed by atoms with van der Waals surface area (Å²) in [5, 5.41) is 3.61. The van der Waals surface area contributed by atoms with E-state index < -0.39 is 0 Å². The summed E-state index contributed by atoms with van der Waals surface area (Å²) in [6.45, 7) is 10.4. The molecule has 1 aromatic rings. The molecule has 0 radical (unpaired) electrons. The van der Waals surface area contributed by atoms with Crippen LogP contribution in [0.1, 0.15) is 33.6 Å². The first kappa shape index (κ1) is 16.3. The molecule has 0 bridgehead atoms. The highest BCUT2D eigenvalue weighted by atomic mass is 16.5. The molecule has 2 rings (SSSR count). The molecule has 0 aliphatic carbocycles. The number of hydrogen-bond acceptors (Lipinski definition) is 3. The minimum Gasteiger partial charge on any atom is -0.494 e. The van der Waals surface area contributed by atoms with Crippen molar-refractivity contribution in [1.29, 1.82) is 0 Å². The molecule has 1 aliphatic heterocycles. The summed E-state index contributed by atoms with van der Waals surface area (Å²) in [5.41, 5.74) is 0.212. The number of benzene rings is 1. The maximum atomic E-state index is 5.89. The smallest absolute Gasteiger partial charge is 0.119 e. The summed E-state index contributed by atoms with van der Waals surface area (Å²) >= 11 is 0. The molecule has 0 spiro atoms. The molecular weight excluding hydrogens is 262 g/mol. The number of hydrogen-bond donors (Lipinski definition) is 1. The Bertz CT molecular complexity index is 407. The van der Waals surface area contributed by atoms with Crippen LogP contribution in [-0.2, 0) is 4.74 Å². The molecular formula is C18H29NO2. The van der Waals surface area contributed by atoms with E-state index in [4.69, 9.17) is 9.47 Å². The summed E-state index contributed by atoms with van der Waals surface area (Å²) in [4.78, 5) is 0. The Labute approximate surface area is 129 Å². The van der Waals surface area contributed by atoms with Crippen LogP contribution in [0, 0.1) is 11.3 Å². The lowest BCUT2D eigenvalue weighted by molar-refractivity contribution is 0.0501. The van der Waals surface area contributed by atoms with E-state index >= 15 is 0 Å². The van der Waals surface area contributed by atoms with Gasteiger partial charge in [0, 0.05) is 18.6 Å². The zero-order valence-electron chi connectivity index (χ0n) is 13.6. The van der Waals surface area contributed by atoms with E-state index in [1.54, 1.807) is 0 Å². The van der Waals surface area contributed by atoms with Crippen molar-refractivity contribution >= 4 is 0 Å². The third kappa shape index (κ3) is 4.72. The second kappa shape index (κ2) is 7.81. The van der Waals surface area contributed by atoms with E-state index in [9.17, 15) is 0 Å². The fourth-order valence-electron chi connectivity index (χ4n) is 2.97. The largest absolute Gasteiger partial charge is 0.494 e. The van der Waals surface area contributed by atoms with Gasteiger partial charge in [-0.3, -0.25) is 0 Å². The highest BCUT2D eigenvalue weighted by Gasteiger charge is 2.40. The fraction of sp³-hybridized carbons (Fsp3) is 0.667. The molecule has 3 nitrogen and oxygen atoms in total. The second-order valence-electron chi connectivity index (χ2n) is 6.56. The monoisotopic (exact) mass is 291 g/mol. The maximum absolute atomic E-state index is 5.89. The Morgan fingerprint density at radius 2 is 2.10 bits per heavy atom. The van der Waals surface area contributed by atoms with Crippen molar-refractivity contribution in [3.05, 3.63) is 30.3 Å². The molecule has 1 heterocycles. The average molecular weight is 291 g/mol. The molecule has 1 N–H and O–H groups in total.